The molecule has 0 aliphatic carbocycles. The molecule has 2 aromatic heterocycles. The number of amides is 1. The molecule has 2 aliphatic rings. The molecule has 1 amide bonds. The Labute approximate surface area is 189 Å². The van der Waals surface area contributed by atoms with Crippen LogP contribution in [0.3, 0.4) is 0 Å². The van der Waals surface area contributed by atoms with Crippen LogP contribution in [0.15, 0.2) is 67.0 Å². The molecule has 0 saturated carbocycles. The van der Waals surface area contributed by atoms with Crippen molar-refractivity contribution >= 4 is 17.4 Å². The van der Waals surface area contributed by atoms with Crippen LogP contribution >= 0.6 is 0 Å². The molecule has 33 heavy (non-hydrogen) atoms. The van der Waals surface area contributed by atoms with E-state index in [4.69, 9.17) is 9.47 Å². The SMILES string of the molecule is O=C1C(=O)N(CCC[n+]2cc[nH]c2)C(c2cccnc2)/C1=C(\O)c1ccc2c(c1)OCCO2. The number of hydrogen-bond donors (Lipinski definition) is 2. The number of aliphatic hydroxyl groups excluding tert-OH is 1. The van der Waals surface area contributed by atoms with Gasteiger partial charge in [-0.05, 0) is 29.8 Å². The molecule has 9 nitrogen and oxygen atoms in total. The molecular formula is C24H23N4O5+. The van der Waals surface area contributed by atoms with E-state index in [2.05, 4.69) is 9.97 Å². The molecule has 1 saturated heterocycles. The number of carbonyl (C=O) groups is 2. The van der Waals surface area contributed by atoms with Gasteiger partial charge in [-0.1, -0.05) is 6.07 Å². The number of carbonyl (C=O) groups excluding carboxylic acids is 2. The van der Waals surface area contributed by atoms with Crippen molar-refractivity contribution in [2.24, 2.45) is 0 Å². The van der Waals surface area contributed by atoms with Gasteiger partial charge < -0.3 is 19.5 Å². The number of fused-ring (bicyclic) bond motifs is 1. The van der Waals surface area contributed by atoms with E-state index in [0.717, 1.165) is 0 Å². The molecule has 1 unspecified atom stereocenters. The Balaban J connectivity index is 1.52. The van der Waals surface area contributed by atoms with Crippen molar-refractivity contribution in [1.29, 1.82) is 0 Å². The van der Waals surface area contributed by atoms with Crippen LogP contribution in [0, 0.1) is 0 Å². The van der Waals surface area contributed by atoms with Crippen LogP contribution in [0.1, 0.15) is 23.6 Å². The summed E-state index contributed by atoms with van der Waals surface area (Å²) in [4.78, 5) is 34.8. The first kappa shape index (κ1) is 20.7. The number of imidazole rings is 1. The molecule has 1 atom stereocenters. The van der Waals surface area contributed by atoms with Crippen LogP contribution in [0.2, 0.25) is 0 Å². The van der Waals surface area contributed by atoms with E-state index in [1.165, 1.54) is 4.90 Å². The summed E-state index contributed by atoms with van der Waals surface area (Å²) in [5.74, 6) is -0.542. The topological polar surface area (TPSA) is 109 Å². The second kappa shape index (κ2) is 8.78. The maximum atomic E-state index is 13.1. The van der Waals surface area contributed by atoms with E-state index < -0.39 is 17.7 Å². The van der Waals surface area contributed by atoms with Crippen molar-refractivity contribution in [2.75, 3.05) is 19.8 Å². The summed E-state index contributed by atoms with van der Waals surface area (Å²) in [6.07, 6.45) is 9.41. The molecule has 3 aromatic rings. The fourth-order valence-electron chi connectivity index (χ4n) is 4.22. The average molecular weight is 447 g/mol. The smallest absolute Gasteiger partial charge is 0.295 e. The lowest BCUT2D eigenvalue weighted by Crippen LogP contribution is -2.36. The van der Waals surface area contributed by atoms with Gasteiger partial charge in [0.1, 0.15) is 31.4 Å². The van der Waals surface area contributed by atoms with Crippen LogP contribution in [-0.2, 0) is 16.1 Å². The molecule has 0 bridgehead atoms. The lowest BCUT2D eigenvalue weighted by atomic mass is 9.96. The van der Waals surface area contributed by atoms with Crippen LogP contribution in [0.5, 0.6) is 11.5 Å². The second-order valence-electron chi connectivity index (χ2n) is 7.84. The molecule has 2 aliphatic heterocycles. The van der Waals surface area contributed by atoms with Gasteiger partial charge in [0, 0.05) is 30.9 Å². The minimum Gasteiger partial charge on any atom is -0.507 e. The summed E-state index contributed by atoms with van der Waals surface area (Å²) >= 11 is 0. The number of hydrogen-bond acceptors (Lipinski definition) is 6. The van der Waals surface area contributed by atoms with Crippen molar-refractivity contribution in [3.63, 3.8) is 0 Å². The van der Waals surface area contributed by atoms with Crippen molar-refractivity contribution in [1.82, 2.24) is 14.9 Å². The number of rotatable bonds is 6. The molecule has 1 aromatic carbocycles. The summed E-state index contributed by atoms with van der Waals surface area (Å²) in [5.41, 5.74) is 1.08. The van der Waals surface area contributed by atoms with Gasteiger partial charge in [0.05, 0.1) is 18.2 Å². The van der Waals surface area contributed by atoms with Crippen molar-refractivity contribution in [2.45, 2.75) is 19.0 Å². The number of aliphatic hydroxyl groups is 1. The lowest BCUT2D eigenvalue weighted by molar-refractivity contribution is -0.695. The minimum atomic E-state index is -0.733. The number of pyridine rings is 1. The Bertz CT molecular complexity index is 1210. The number of aromatic amines is 1. The van der Waals surface area contributed by atoms with E-state index in [-0.39, 0.29) is 11.3 Å². The zero-order valence-electron chi connectivity index (χ0n) is 17.8. The van der Waals surface area contributed by atoms with Crippen molar-refractivity contribution in [3.8, 4) is 11.5 Å². The Hall–Kier alpha value is -4.14. The number of aromatic nitrogens is 3. The predicted octanol–water partition coefficient (Wildman–Crippen LogP) is 1.98. The van der Waals surface area contributed by atoms with Gasteiger partial charge in [-0.15, -0.1) is 0 Å². The Morgan fingerprint density at radius 1 is 1.21 bits per heavy atom. The van der Waals surface area contributed by atoms with Gasteiger partial charge >= 0.3 is 0 Å². The van der Waals surface area contributed by atoms with E-state index in [0.29, 0.717) is 55.4 Å². The number of ether oxygens (including phenoxy) is 2. The number of Topliss-reactive ketones (excluding diaryl/α,β-unsaturated/α-hetero) is 1. The van der Waals surface area contributed by atoms with Crippen LogP contribution in [0.4, 0.5) is 0 Å². The zero-order valence-corrected chi connectivity index (χ0v) is 17.8. The number of H-pyrrole nitrogens is 1. The molecule has 0 spiro atoms. The van der Waals surface area contributed by atoms with Crippen LogP contribution < -0.4 is 14.0 Å². The average Bonchev–Trinajstić information content (AvgIpc) is 3.46. The van der Waals surface area contributed by atoms with Crippen LogP contribution in [0.25, 0.3) is 5.76 Å². The third-order valence-corrected chi connectivity index (χ3v) is 5.77. The quantitative estimate of drug-likeness (QED) is 0.259. The van der Waals surface area contributed by atoms with Crippen molar-refractivity contribution in [3.05, 3.63) is 78.1 Å². The minimum absolute atomic E-state index is 0.0407. The lowest BCUT2D eigenvalue weighted by Gasteiger charge is -2.25. The number of aryl methyl sites for hydroxylation is 1. The molecule has 0 radical (unpaired) electrons. The van der Waals surface area contributed by atoms with Gasteiger partial charge in [-0.3, -0.25) is 19.6 Å². The monoisotopic (exact) mass is 447 g/mol. The Morgan fingerprint density at radius 3 is 2.82 bits per heavy atom. The predicted molar refractivity (Wildman–Crippen MR) is 116 cm³/mol. The van der Waals surface area contributed by atoms with Gasteiger partial charge in [0.25, 0.3) is 11.7 Å². The molecule has 2 N–H and O–H groups in total. The summed E-state index contributed by atoms with van der Waals surface area (Å²) in [6.45, 7) is 1.87. The molecule has 1 fully saturated rings. The summed E-state index contributed by atoms with van der Waals surface area (Å²) in [5, 5.41) is 11.2. The first-order chi connectivity index (χ1) is 16.1. The third kappa shape index (κ3) is 3.93. The molecular weight excluding hydrogens is 424 g/mol. The Morgan fingerprint density at radius 2 is 2.06 bits per heavy atom. The number of nitrogens with zero attached hydrogens (tertiary/aromatic N) is 3. The van der Waals surface area contributed by atoms with Crippen molar-refractivity contribution < 1.29 is 28.7 Å². The van der Waals surface area contributed by atoms with E-state index in [1.54, 1.807) is 42.7 Å². The van der Waals surface area contributed by atoms with E-state index in [9.17, 15) is 14.7 Å². The fourth-order valence-corrected chi connectivity index (χ4v) is 4.22. The number of nitrogens with one attached hydrogen (secondary N) is 1. The zero-order chi connectivity index (χ0) is 22.8. The highest BCUT2D eigenvalue weighted by atomic mass is 16.6. The first-order valence-corrected chi connectivity index (χ1v) is 10.7. The highest BCUT2D eigenvalue weighted by molar-refractivity contribution is 6.46. The summed E-state index contributed by atoms with van der Waals surface area (Å²) < 4.78 is 13.1. The number of benzene rings is 1. The maximum Gasteiger partial charge on any atom is 0.295 e. The molecule has 5 rings (SSSR count). The fraction of sp³-hybridized carbons (Fsp3) is 0.250. The van der Waals surface area contributed by atoms with E-state index in [1.807, 2.05) is 23.3 Å². The molecule has 9 heteroatoms. The molecule has 4 heterocycles. The normalized spacial score (nSPS) is 19.2. The van der Waals surface area contributed by atoms with Crippen LogP contribution in [-0.4, -0.2) is 51.4 Å². The maximum absolute atomic E-state index is 13.1. The number of ketones is 1. The number of likely N-dealkylation sites (tertiary alicyclic amines) is 1. The second-order valence-corrected chi connectivity index (χ2v) is 7.84. The highest BCUT2D eigenvalue weighted by Gasteiger charge is 2.46. The third-order valence-electron chi connectivity index (χ3n) is 5.77. The summed E-state index contributed by atoms with van der Waals surface area (Å²) in [7, 11) is 0. The van der Waals surface area contributed by atoms with Gasteiger partial charge in [-0.2, -0.15) is 0 Å². The standard InChI is InChI=1S/C24H22N4O5/c29-22(16-4-5-18-19(13-16)33-12-11-32-18)20-21(17-3-1-6-25-14-17)28(24(31)23(20)30)9-2-8-27-10-7-26-15-27/h1,3-7,10,13-15,21H,2,8-9,11-12H2,(H,29,30)/p+1. The van der Waals surface area contributed by atoms with Gasteiger partial charge in [0.2, 0.25) is 6.33 Å². The highest BCUT2D eigenvalue weighted by Crippen LogP contribution is 2.40. The largest absolute Gasteiger partial charge is 0.507 e. The van der Waals surface area contributed by atoms with Gasteiger partial charge in [-0.25, -0.2) is 4.57 Å². The molecule has 168 valence electrons. The first-order valence-electron chi connectivity index (χ1n) is 10.7. The Kier molecular flexibility index (Phi) is 5.52. The summed E-state index contributed by atoms with van der Waals surface area (Å²) in [6, 6.07) is 7.78. The van der Waals surface area contributed by atoms with E-state index >= 15 is 0 Å². The van der Waals surface area contributed by atoms with Gasteiger partial charge in [0.15, 0.2) is 11.5 Å².